The van der Waals surface area contributed by atoms with Crippen molar-refractivity contribution in [3.63, 3.8) is 0 Å². The number of nitriles is 1. The van der Waals surface area contributed by atoms with E-state index in [1.54, 1.807) is 30.8 Å². The highest BCUT2D eigenvalue weighted by atomic mass is 32.2. The molecule has 1 saturated heterocycles. The third kappa shape index (κ3) is 5.69. The van der Waals surface area contributed by atoms with Crippen molar-refractivity contribution >= 4 is 26.6 Å². The molecule has 9 heteroatoms. The number of rotatable bonds is 6. The quantitative estimate of drug-likeness (QED) is 0.543. The lowest BCUT2D eigenvalue weighted by molar-refractivity contribution is 0.0283. The van der Waals surface area contributed by atoms with E-state index in [9.17, 15) is 10.4 Å². The van der Waals surface area contributed by atoms with Crippen LogP contribution in [0.25, 0.3) is 16.6 Å². The first kappa shape index (κ1) is 24.0. The number of ether oxygens (including phenoxy) is 1. The number of hydrogen-bond acceptors (Lipinski definition) is 7. The van der Waals surface area contributed by atoms with Gasteiger partial charge in [0.05, 0.1) is 35.1 Å². The second-order valence-corrected chi connectivity index (χ2v) is 13.0. The van der Waals surface area contributed by atoms with Crippen LogP contribution in [0.4, 0.5) is 5.82 Å². The van der Waals surface area contributed by atoms with Crippen molar-refractivity contribution < 1.29 is 9.84 Å². The largest absolute Gasteiger partial charge is 0.489 e. The first-order chi connectivity index (χ1) is 16.0. The van der Waals surface area contributed by atoms with E-state index in [1.807, 2.05) is 24.4 Å². The lowest BCUT2D eigenvalue weighted by Crippen LogP contribution is -2.36. The van der Waals surface area contributed by atoms with Crippen molar-refractivity contribution in [1.29, 1.82) is 5.26 Å². The van der Waals surface area contributed by atoms with Gasteiger partial charge in [0.2, 0.25) is 0 Å². The Hall–Kier alpha value is -3.09. The van der Waals surface area contributed by atoms with Crippen LogP contribution in [0, 0.1) is 11.3 Å². The molecule has 1 aliphatic heterocycles. The fraction of sp³-hybridized carbons (Fsp3) is 0.440. The van der Waals surface area contributed by atoms with Gasteiger partial charge in [-0.1, -0.05) is 5.87 Å². The van der Waals surface area contributed by atoms with Crippen LogP contribution in [0.5, 0.6) is 5.75 Å². The summed E-state index contributed by atoms with van der Waals surface area (Å²) in [5, 5.41) is 23.9. The van der Waals surface area contributed by atoms with Crippen LogP contribution in [0.3, 0.4) is 0 Å². The number of anilines is 1. The molecule has 0 aromatic carbocycles. The molecule has 3 aromatic heterocycles. The minimum absolute atomic E-state index is 0.135. The van der Waals surface area contributed by atoms with Crippen LogP contribution < -0.4 is 9.64 Å². The smallest absolute Gasteiger partial charge is 0.138 e. The zero-order valence-electron chi connectivity index (χ0n) is 20.2. The molecular weight excluding hydrogens is 448 g/mol. The number of hydrogen-bond donors (Lipinski definition) is 1. The Morgan fingerprint density at radius 2 is 2.03 bits per heavy atom. The molecule has 4 rings (SSSR count). The maximum Gasteiger partial charge on any atom is 0.138 e. The van der Waals surface area contributed by atoms with Gasteiger partial charge in [0.25, 0.3) is 0 Å². The zero-order valence-corrected chi connectivity index (χ0v) is 21.0. The minimum atomic E-state index is -1.09. The molecule has 1 N–H and O–H groups in total. The van der Waals surface area contributed by atoms with Crippen LogP contribution in [-0.4, -0.2) is 69.4 Å². The Balaban J connectivity index is 1.60. The van der Waals surface area contributed by atoms with Crippen LogP contribution in [0.15, 0.2) is 41.2 Å². The predicted molar refractivity (Wildman–Crippen MR) is 139 cm³/mol. The van der Waals surface area contributed by atoms with Crippen molar-refractivity contribution in [1.82, 2.24) is 14.6 Å². The third-order valence-electron chi connectivity index (χ3n) is 5.58. The van der Waals surface area contributed by atoms with Crippen LogP contribution in [0.2, 0.25) is 0 Å². The molecule has 0 saturated carbocycles. The van der Waals surface area contributed by atoms with Gasteiger partial charge < -0.3 is 14.7 Å². The van der Waals surface area contributed by atoms with Crippen molar-refractivity contribution in [3.8, 4) is 22.9 Å². The summed E-state index contributed by atoms with van der Waals surface area (Å²) < 4.78 is 12.3. The summed E-state index contributed by atoms with van der Waals surface area (Å²) in [6.45, 7) is 5.35. The van der Waals surface area contributed by atoms with Gasteiger partial charge in [-0.15, -0.1) is 9.41 Å². The number of piperidine rings is 1. The summed E-state index contributed by atoms with van der Waals surface area (Å²) in [6, 6.07) is 8.50. The number of fused-ring (bicyclic) bond motifs is 1. The first-order valence-electron chi connectivity index (χ1n) is 11.3. The van der Waals surface area contributed by atoms with Crippen molar-refractivity contribution in [2.75, 3.05) is 37.1 Å². The average Bonchev–Trinajstić information content (AvgIpc) is 3.19. The minimum Gasteiger partial charge on any atom is -0.489 e. The Kier molecular flexibility index (Phi) is 6.56. The van der Waals surface area contributed by atoms with Crippen molar-refractivity contribution in [2.45, 2.75) is 38.3 Å². The highest BCUT2D eigenvalue weighted by Gasteiger charge is 2.21. The third-order valence-corrected chi connectivity index (χ3v) is 6.45. The Labute approximate surface area is 201 Å². The monoisotopic (exact) mass is 480 g/mol. The summed E-state index contributed by atoms with van der Waals surface area (Å²) in [7, 11) is -1.09. The van der Waals surface area contributed by atoms with E-state index in [0.29, 0.717) is 22.9 Å². The highest BCUT2D eigenvalue weighted by molar-refractivity contribution is 8.01. The molecule has 4 heterocycles. The topological polar surface area (TPSA) is 99.0 Å². The molecule has 0 atom stereocenters. The molecule has 1 fully saturated rings. The molecule has 0 aliphatic carbocycles. The van der Waals surface area contributed by atoms with Gasteiger partial charge in [-0.05, 0) is 57.4 Å². The Bertz CT molecular complexity index is 1320. The summed E-state index contributed by atoms with van der Waals surface area (Å²) >= 11 is 0. The molecule has 0 unspecified atom stereocenters. The van der Waals surface area contributed by atoms with E-state index >= 15 is 0 Å². The van der Waals surface area contributed by atoms with Gasteiger partial charge in [-0.3, -0.25) is 4.36 Å². The maximum absolute atomic E-state index is 10.0. The van der Waals surface area contributed by atoms with E-state index in [1.165, 1.54) is 0 Å². The van der Waals surface area contributed by atoms with Gasteiger partial charge in [-0.25, -0.2) is 9.50 Å². The molecule has 0 amide bonds. The molecule has 0 bridgehead atoms. The maximum atomic E-state index is 10.0. The number of aliphatic hydroxyl groups is 1. The zero-order chi connectivity index (χ0) is 24.5. The summed E-state index contributed by atoms with van der Waals surface area (Å²) in [5.41, 5.74) is 1.89. The average molecular weight is 481 g/mol. The van der Waals surface area contributed by atoms with Gasteiger partial charge in [-0.2, -0.15) is 10.4 Å². The van der Waals surface area contributed by atoms with E-state index in [4.69, 9.17) is 14.1 Å². The molecule has 1 aliphatic rings. The lowest BCUT2D eigenvalue weighted by atomic mass is 10.0. The van der Waals surface area contributed by atoms with Gasteiger partial charge >= 0.3 is 0 Å². The second-order valence-electron chi connectivity index (χ2n) is 9.86. The summed E-state index contributed by atoms with van der Waals surface area (Å²) in [4.78, 5) is 7.03. The van der Waals surface area contributed by atoms with Crippen molar-refractivity contribution in [2.24, 2.45) is 4.36 Å². The molecule has 180 valence electrons. The second kappa shape index (κ2) is 9.28. The highest BCUT2D eigenvalue weighted by Crippen LogP contribution is 2.32. The van der Waals surface area contributed by atoms with Crippen LogP contribution in [0.1, 0.15) is 32.3 Å². The van der Waals surface area contributed by atoms with Gasteiger partial charge in [0.1, 0.15) is 24.2 Å². The SMILES string of the molecule is C=S(C)(C)=NC1CCN(c2ccc(-c3cc(OCC(C)(C)O)cn4ncc(C#N)c34)cn2)CC1. The molecule has 34 heavy (non-hydrogen) atoms. The van der Waals surface area contributed by atoms with E-state index < -0.39 is 15.0 Å². The molecule has 0 radical (unpaired) electrons. The van der Waals surface area contributed by atoms with Crippen LogP contribution in [-0.2, 0) is 9.41 Å². The van der Waals surface area contributed by atoms with E-state index in [0.717, 1.165) is 42.9 Å². The van der Waals surface area contributed by atoms with Crippen LogP contribution >= 0.6 is 0 Å². The Morgan fingerprint density at radius 3 is 2.62 bits per heavy atom. The number of pyridine rings is 2. The fourth-order valence-corrected chi connectivity index (χ4v) is 5.09. The Morgan fingerprint density at radius 1 is 1.29 bits per heavy atom. The molecule has 8 nitrogen and oxygen atoms in total. The fourth-order valence-electron chi connectivity index (χ4n) is 4.07. The standard InChI is InChI=1S/C25H32N6O2S/c1-25(2,32)17-33-21-12-22(24-19(13-26)15-28-31(24)16-21)18-6-7-23(27-14-18)30-10-8-20(9-11-30)29-34(3,4)5/h6-7,12,14-16,20,32H,3,8-11,17H2,1-2,4-5H3. The van der Waals surface area contributed by atoms with Crippen molar-refractivity contribution in [3.05, 3.63) is 42.4 Å². The summed E-state index contributed by atoms with van der Waals surface area (Å²) in [6.07, 6.45) is 11.4. The number of nitrogens with zero attached hydrogens (tertiary/aromatic N) is 6. The van der Waals surface area contributed by atoms with Gasteiger partial charge in [0, 0.05) is 30.4 Å². The molecule has 0 spiro atoms. The molecular formula is C25H32N6O2S. The molecule has 3 aromatic rings. The first-order valence-corrected chi connectivity index (χ1v) is 13.9. The lowest BCUT2D eigenvalue weighted by Gasteiger charge is -2.31. The predicted octanol–water partition coefficient (Wildman–Crippen LogP) is 3.42. The number of aromatic nitrogens is 3. The van der Waals surface area contributed by atoms with Gasteiger partial charge in [0.15, 0.2) is 0 Å². The van der Waals surface area contributed by atoms with E-state index in [-0.39, 0.29) is 6.61 Å². The normalized spacial score (nSPS) is 15.4. The van der Waals surface area contributed by atoms with E-state index in [2.05, 4.69) is 34.4 Å². The summed E-state index contributed by atoms with van der Waals surface area (Å²) in [5.74, 6) is 5.67.